The number of piperazine rings is 1. The molecule has 0 radical (unpaired) electrons. The molecule has 1 unspecified atom stereocenters. The number of aromatic nitrogens is 3. The summed E-state index contributed by atoms with van der Waals surface area (Å²) in [6.45, 7) is 4.46. The summed E-state index contributed by atoms with van der Waals surface area (Å²) in [5, 5.41) is 3.62. The summed E-state index contributed by atoms with van der Waals surface area (Å²) in [7, 11) is 3.51. The van der Waals surface area contributed by atoms with Gasteiger partial charge in [0.1, 0.15) is 5.75 Å². The molecular formula is C25H30N6O2. The lowest BCUT2D eigenvalue weighted by molar-refractivity contribution is 0.390. The second-order valence-electron chi connectivity index (χ2n) is 8.65. The lowest BCUT2D eigenvalue weighted by Crippen LogP contribution is -2.47. The van der Waals surface area contributed by atoms with Crippen LogP contribution in [0.15, 0.2) is 53.6 Å². The second-order valence-corrected chi connectivity index (χ2v) is 8.65. The van der Waals surface area contributed by atoms with E-state index in [1.807, 2.05) is 12.1 Å². The number of pyridine rings is 1. The van der Waals surface area contributed by atoms with Crippen LogP contribution in [-0.4, -0.2) is 54.4 Å². The molecule has 3 aromatic rings. The molecule has 8 heteroatoms. The molecular weight excluding hydrogens is 416 g/mol. The van der Waals surface area contributed by atoms with Gasteiger partial charge >= 0.3 is 0 Å². The highest BCUT2D eigenvalue weighted by Crippen LogP contribution is 2.33. The molecule has 5 rings (SSSR count). The molecule has 0 bridgehead atoms. The van der Waals surface area contributed by atoms with Gasteiger partial charge in [0.25, 0.3) is 5.56 Å². The van der Waals surface area contributed by atoms with E-state index >= 15 is 0 Å². The van der Waals surface area contributed by atoms with Gasteiger partial charge in [0, 0.05) is 81.1 Å². The molecule has 2 aliphatic rings. The van der Waals surface area contributed by atoms with Gasteiger partial charge in [-0.05, 0) is 31.0 Å². The summed E-state index contributed by atoms with van der Waals surface area (Å²) < 4.78 is 7.42. The van der Waals surface area contributed by atoms with E-state index in [9.17, 15) is 4.79 Å². The smallest absolute Gasteiger partial charge is 0.255 e. The topological polar surface area (TPSA) is 75.5 Å². The molecule has 0 saturated carbocycles. The first-order chi connectivity index (χ1) is 16.1. The maximum Gasteiger partial charge on any atom is 0.255 e. The average Bonchev–Trinajstić information content (AvgIpc) is 3.41. The number of anilines is 2. The summed E-state index contributed by atoms with van der Waals surface area (Å²) in [6, 6.07) is 11.9. The molecule has 4 heterocycles. The van der Waals surface area contributed by atoms with Gasteiger partial charge in [-0.25, -0.2) is 4.98 Å². The average molecular weight is 447 g/mol. The van der Waals surface area contributed by atoms with Crippen LogP contribution >= 0.6 is 0 Å². The van der Waals surface area contributed by atoms with Crippen LogP contribution in [0.3, 0.4) is 0 Å². The number of hydrogen-bond donors (Lipinski definition) is 1. The molecule has 1 aromatic carbocycles. The van der Waals surface area contributed by atoms with E-state index in [-0.39, 0.29) is 11.6 Å². The van der Waals surface area contributed by atoms with E-state index < -0.39 is 0 Å². The van der Waals surface area contributed by atoms with Crippen molar-refractivity contribution >= 4 is 11.6 Å². The number of ether oxygens (including phenoxy) is 1. The summed E-state index contributed by atoms with van der Waals surface area (Å²) >= 11 is 0. The van der Waals surface area contributed by atoms with Crippen molar-refractivity contribution in [2.75, 3.05) is 49.6 Å². The highest BCUT2D eigenvalue weighted by Gasteiger charge is 2.27. The standard InChI is InChI=1S/C25H30N6O2/c1-29-24(32)16-21(18-7-9-26-10-8-18)28-25(29)31-14-11-27-22(17-31)20-6-5-19(15-23(20)33-2)30-12-3-4-13-30/h5-10,15-16,22,27H,3-4,11-14,17H2,1-2H3. The number of hydrogen-bond acceptors (Lipinski definition) is 7. The number of methoxy groups -OCH3 is 1. The Bertz CT molecular complexity index is 1170. The number of nitrogens with zero attached hydrogens (tertiary/aromatic N) is 5. The van der Waals surface area contributed by atoms with Gasteiger partial charge in [-0.3, -0.25) is 14.3 Å². The van der Waals surface area contributed by atoms with Crippen molar-refractivity contribution in [3.05, 3.63) is 64.7 Å². The molecule has 2 fully saturated rings. The van der Waals surface area contributed by atoms with Gasteiger partial charge in [0.15, 0.2) is 0 Å². The fourth-order valence-corrected chi connectivity index (χ4v) is 4.78. The second kappa shape index (κ2) is 9.23. The highest BCUT2D eigenvalue weighted by molar-refractivity contribution is 5.60. The Morgan fingerprint density at radius 1 is 1.03 bits per heavy atom. The zero-order chi connectivity index (χ0) is 22.8. The molecule has 0 amide bonds. The number of rotatable bonds is 5. The van der Waals surface area contributed by atoms with Crippen LogP contribution in [-0.2, 0) is 7.05 Å². The highest BCUT2D eigenvalue weighted by atomic mass is 16.5. The Morgan fingerprint density at radius 2 is 1.82 bits per heavy atom. The first kappa shape index (κ1) is 21.5. The fourth-order valence-electron chi connectivity index (χ4n) is 4.78. The van der Waals surface area contributed by atoms with Gasteiger partial charge in [-0.2, -0.15) is 0 Å². The molecule has 33 heavy (non-hydrogen) atoms. The Balaban J connectivity index is 1.44. The normalized spacial score (nSPS) is 18.5. The number of benzene rings is 1. The molecule has 2 aromatic heterocycles. The Kier molecular flexibility index (Phi) is 6.00. The van der Waals surface area contributed by atoms with E-state index in [2.05, 4.69) is 38.3 Å². The first-order valence-corrected chi connectivity index (χ1v) is 11.5. The minimum atomic E-state index is -0.0746. The minimum absolute atomic E-state index is 0.0720. The van der Waals surface area contributed by atoms with Crippen LogP contribution < -0.4 is 25.4 Å². The van der Waals surface area contributed by atoms with E-state index in [4.69, 9.17) is 9.72 Å². The largest absolute Gasteiger partial charge is 0.496 e. The summed E-state index contributed by atoms with van der Waals surface area (Å²) in [6.07, 6.45) is 5.92. The molecule has 172 valence electrons. The third-order valence-corrected chi connectivity index (χ3v) is 6.61. The van der Waals surface area contributed by atoms with Gasteiger partial charge in [0.2, 0.25) is 5.95 Å². The first-order valence-electron chi connectivity index (χ1n) is 11.5. The van der Waals surface area contributed by atoms with Crippen molar-refractivity contribution in [1.29, 1.82) is 0 Å². The molecule has 1 N–H and O–H groups in total. The predicted octanol–water partition coefficient (Wildman–Crippen LogP) is 2.60. The minimum Gasteiger partial charge on any atom is -0.496 e. The van der Waals surface area contributed by atoms with Crippen molar-refractivity contribution in [2.24, 2.45) is 7.05 Å². The molecule has 8 nitrogen and oxygen atoms in total. The van der Waals surface area contributed by atoms with Crippen molar-refractivity contribution in [1.82, 2.24) is 19.9 Å². The van der Waals surface area contributed by atoms with Crippen molar-refractivity contribution in [3.8, 4) is 17.0 Å². The fraction of sp³-hybridized carbons (Fsp3) is 0.400. The van der Waals surface area contributed by atoms with Gasteiger partial charge in [-0.15, -0.1) is 0 Å². The zero-order valence-corrected chi connectivity index (χ0v) is 19.2. The van der Waals surface area contributed by atoms with E-state index in [1.54, 1.807) is 37.2 Å². The van der Waals surface area contributed by atoms with Gasteiger partial charge in [-0.1, -0.05) is 6.07 Å². The Hall–Kier alpha value is -3.39. The lowest BCUT2D eigenvalue weighted by Gasteiger charge is -2.36. The SMILES string of the molecule is COc1cc(N2CCCC2)ccc1C1CN(c2nc(-c3ccncc3)cc(=O)n2C)CCN1. The molecule has 1 atom stereocenters. The van der Waals surface area contributed by atoms with Crippen molar-refractivity contribution < 1.29 is 4.74 Å². The van der Waals surface area contributed by atoms with Crippen LogP contribution in [0.2, 0.25) is 0 Å². The van der Waals surface area contributed by atoms with Crippen LogP contribution in [0.5, 0.6) is 5.75 Å². The summed E-state index contributed by atoms with van der Waals surface area (Å²) in [4.78, 5) is 26.3. The summed E-state index contributed by atoms with van der Waals surface area (Å²) in [5.41, 5.74) is 3.82. The van der Waals surface area contributed by atoms with E-state index in [1.165, 1.54) is 18.5 Å². The monoisotopic (exact) mass is 446 g/mol. The van der Waals surface area contributed by atoms with Crippen molar-refractivity contribution in [2.45, 2.75) is 18.9 Å². The van der Waals surface area contributed by atoms with E-state index in [0.29, 0.717) is 18.2 Å². The third kappa shape index (κ3) is 4.30. The van der Waals surface area contributed by atoms with E-state index in [0.717, 1.165) is 43.1 Å². The molecule has 0 aliphatic carbocycles. The van der Waals surface area contributed by atoms with Crippen LogP contribution in [0.4, 0.5) is 11.6 Å². The zero-order valence-electron chi connectivity index (χ0n) is 19.2. The lowest BCUT2D eigenvalue weighted by atomic mass is 10.0. The molecule has 2 aliphatic heterocycles. The quantitative estimate of drug-likeness (QED) is 0.646. The van der Waals surface area contributed by atoms with Crippen LogP contribution in [0, 0.1) is 0 Å². The third-order valence-electron chi connectivity index (χ3n) is 6.61. The number of nitrogens with one attached hydrogen (secondary N) is 1. The van der Waals surface area contributed by atoms with Crippen molar-refractivity contribution in [3.63, 3.8) is 0 Å². The Labute approximate surface area is 193 Å². The maximum absolute atomic E-state index is 12.7. The predicted molar refractivity (Wildman–Crippen MR) is 130 cm³/mol. The molecule has 2 saturated heterocycles. The van der Waals surface area contributed by atoms with Gasteiger partial charge < -0.3 is 19.9 Å². The van der Waals surface area contributed by atoms with Crippen LogP contribution in [0.25, 0.3) is 11.3 Å². The maximum atomic E-state index is 12.7. The Morgan fingerprint density at radius 3 is 2.58 bits per heavy atom. The molecule has 0 spiro atoms. The summed E-state index contributed by atoms with van der Waals surface area (Å²) in [5.74, 6) is 1.57. The van der Waals surface area contributed by atoms with Gasteiger partial charge in [0.05, 0.1) is 18.8 Å². The van der Waals surface area contributed by atoms with Crippen LogP contribution in [0.1, 0.15) is 24.4 Å².